The summed E-state index contributed by atoms with van der Waals surface area (Å²) in [5.74, 6) is -1.53. The van der Waals surface area contributed by atoms with Gasteiger partial charge >= 0.3 is 5.97 Å². The van der Waals surface area contributed by atoms with Crippen molar-refractivity contribution in [2.45, 2.75) is 0 Å². The van der Waals surface area contributed by atoms with Gasteiger partial charge in [0, 0.05) is 12.4 Å². The number of amides is 1. The minimum Gasteiger partial charge on any atom is -0.478 e. The Balaban J connectivity index is 2.16. The van der Waals surface area contributed by atoms with E-state index in [0.29, 0.717) is 10.7 Å². The summed E-state index contributed by atoms with van der Waals surface area (Å²) in [6.07, 6.45) is 4.03. The van der Waals surface area contributed by atoms with E-state index in [0.717, 1.165) is 0 Å². The number of halogens is 1. The number of H-pyrrole nitrogens is 1. The number of anilines is 1. The molecule has 2 rings (SSSR count). The molecule has 7 heteroatoms. The van der Waals surface area contributed by atoms with Crippen LogP contribution in [0.4, 0.5) is 5.69 Å². The number of hydrogen-bond acceptors (Lipinski definition) is 3. The molecule has 0 fully saturated rings. The van der Waals surface area contributed by atoms with E-state index >= 15 is 0 Å². The first-order valence-corrected chi connectivity index (χ1v) is 5.27. The van der Waals surface area contributed by atoms with Crippen molar-refractivity contribution in [3.63, 3.8) is 0 Å². The number of rotatable bonds is 3. The van der Waals surface area contributed by atoms with E-state index in [4.69, 9.17) is 16.7 Å². The summed E-state index contributed by atoms with van der Waals surface area (Å²) in [6.45, 7) is 0. The third kappa shape index (κ3) is 2.67. The average molecular weight is 266 g/mol. The first kappa shape index (κ1) is 12.1. The number of nitrogens with one attached hydrogen (secondary N) is 2. The Morgan fingerprint density at radius 1 is 1.33 bits per heavy atom. The largest absolute Gasteiger partial charge is 0.478 e. The minimum absolute atomic E-state index is 0.00248. The third-order valence-corrected chi connectivity index (χ3v) is 2.35. The van der Waals surface area contributed by atoms with Crippen LogP contribution in [0.3, 0.4) is 0 Å². The Hall–Kier alpha value is -2.34. The van der Waals surface area contributed by atoms with Gasteiger partial charge in [-0.3, -0.25) is 9.78 Å². The number of aromatic nitrogens is 2. The van der Waals surface area contributed by atoms with Crippen LogP contribution in [-0.4, -0.2) is 27.0 Å². The Morgan fingerprint density at radius 3 is 2.72 bits per heavy atom. The fraction of sp³-hybridized carbons (Fsp3) is 0. The molecule has 1 amide bonds. The van der Waals surface area contributed by atoms with Crippen molar-refractivity contribution < 1.29 is 14.7 Å². The molecule has 2 aromatic rings. The molecule has 0 saturated carbocycles. The van der Waals surface area contributed by atoms with Gasteiger partial charge in [-0.2, -0.15) is 0 Å². The van der Waals surface area contributed by atoms with E-state index in [9.17, 15) is 9.59 Å². The van der Waals surface area contributed by atoms with E-state index in [2.05, 4.69) is 15.3 Å². The molecule has 0 unspecified atom stereocenters. The topological polar surface area (TPSA) is 95.1 Å². The molecular formula is C11H8ClN3O3. The average Bonchev–Trinajstić information content (AvgIpc) is 2.76. The predicted octanol–water partition coefficient (Wildman–Crippen LogP) is 2.01. The van der Waals surface area contributed by atoms with Crippen LogP contribution in [0.15, 0.2) is 30.7 Å². The van der Waals surface area contributed by atoms with E-state index in [1.165, 1.54) is 30.7 Å². The van der Waals surface area contributed by atoms with E-state index < -0.39 is 11.9 Å². The first-order chi connectivity index (χ1) is 8.56. The van der Waals surface area contributed by atoms with Crippen LogP contribution in [0.25, 0.3) is 0 Å². The molecule has 0 spiro atoms. The standard InChI is InChI=1S/C11H8ClN3O3/c12-7-2-9(14-4-7)10(16)15-8-1-6(11(17)18)3-13-5-8/h1-5,14H,(H,15,16)(H,17,18). The molecule has 2 aromatic heterocycles. The Labute approximate surface area is 107 Å². The number of carbonyl (C=O) groups excluding carboxylic acids is 1. The maximum atomic E-state index is 11.7. The van der Waals surface area contributed by atoms with Gasteiger partial charge in [-0.25, -0.2) is 4.79 Å². The van der Waals surface area contributed by atoms with Crippen molar-refractivity contribution in [2.75, 3.05) is 5.32 Å². The minimum atomic E-state index is -1.11. The second-order valence-corrected chi connectivity index (χ2v) is 3.89. The molecule has 0 aromatic carbocycles. The Kier molecular flexibility index (Phi) is 3.29. The van der Waals surface area contributed by atoms with Gasteiger partial charge in [0.2, 0.25) is 0 Å². The lowest BCUT2D eigenvalue weighted by Crippen LogP contribution is -2.13. The van der Waals surface area contributed by atoms with Crippen LogP contribution in [0, 0.1) is 0 Å². The lowest BCUT2D eigenvalue weighted by atomic mass is 10.2. The molecular weight excluding hydrogens is 258 g/mol. The van der Waals surface area contributed by atoms with Crippen LogP contribution in [-0.2, 0) is 0 Å². The second kappa shape index (κ2) is 4.89. The van der Waals surface area contributed by atoms with Crippen molar-refractivity contribution in [1.29, 1.82) is 0 Å². The highest BCUT2D eigenvalue weighted by atomic mass is 35.5. The van der Waals surface area contributed by atoms with Gasteiger partial charge in [-0.05, 0) is 12.1 Å². The smallest absolute Gasteiger partial charge is 0.337 e. The highest BCUT2D eigenvalue weighted by Crippen LogP contribution is 2.13. The number of carboxylic acids is 1. The lowest BCUT2D eigenvalue weighted by Gasteiger charge is -2.03. The Morgan fingerprint density at radius 2 is 2.11 bits per heavy atom. The summed E-state index contributed by atoms with van der Waals surface area (Å²) in [4.78, 5) is 28.9. The number of hydrogen-bond donors (Lipinski definition) is 3. The summed E-state index contributed by atoms with van der Waals surface area (Å²) in [6, 6.07) is 2.78. The van der Waals surface area contributed by atoms with Crippen molar-refractivity contribution >= 4 is 29.2 Å². The van der Waals surface area contributed by atoms with E-state index in [1.807, 2.05) is 0 Å². The van der Waals surface area contributed by atoms with Gasteiger partial charge in [-0.15, -0.1) is 0 Å². The highest BCUT2D eigenvalue weighted by molar-refractivity contribution is 6.31. The fourth-order valence-electron chi connectivity index (χ4n) is 1.32. The van der Waals surface area contributed by atoms with Crippen LogP contribution in [0.2, 0.25) is 5.02 Å². The maximum absolute atomic E-state index is 11.7. The van der Waals surface area contributed by atoms with Gasteiger partial charge in [0.1, 0.15) is 5.69 Å². The fourth-order valence-corrected chi connectivity index (χ4v) is 1.49. The SMILES string of the molecule is O=C(O)c1cncc(NC(=O)c2cc(Cl)c[nH]2)c1. The van der Waals surface area contributed by atoms with Gasteiger partial charge in [0.15, 0.2) is 0 Å². The quantitative estimate of drug-likeness (QED) is 0.791. The monoisotopic (exact) mass is 265 g/mol. The number of pyridine rings is 1. The summed E-state index contributed by atoms with van der Waals surface area (Å²) in [5.41, 5.74) is 0.573. The van der Waals surface area contributed by atoms with Crippen molar-refractivity contribution in [1.82, 2.24) is 9.97 Å². The van der Waals surface area contributed by atoms with Gasteiger partial charge in [-0.1, -0.05) is 11.6 Å². The summed E-state index contributed by atoms with van der Waals surface area (Å²) in [5, 5.41) is 11.7. The van der Waals surface area contributed by atoms with Gasteiger partial charge < -0.3 is 15.4 Å². The first-order valence-electron chi connectivity index (χ1n) is 4.90. The maximum Gasteiger partial charge on any atom is 0.337 e. The van der Waals surface area contributed by atoms with Gasteiger partial charge in [0.25, 0.3) is 5.91 Å². The van der Waals surface area contributed by atoms with Crippen LogP contribution in [0.1, 0.15) is 20.8 Å². The Bertz CT molecular complexity index is 609. The van der Waals surface area contributed by atoms with Gasteiger partial charge in [0.05, 0.1) is 22.5 Å². The zero-order valence-corrected chi connectivity index (χ0v) is 9.73. The zero-order chi connectivity index (χ0) is 13.1. The number of aromatic amines is 1. The number of aromatic carboxylic acids is 1. The molecule has 0 aliphatic rings. The summed E-state index contributed by atoms with van der Waals surface area (Å²) in [7, 11) is 0. The second-order valence-electron chi connectivity index (χ2n) is 3.45. The normalized spacial score (nSPS) is 10.1. The summed E-state index contributed by atoms with van der Waals surface area (Å²) >= 11 is 5.67. The molecule has 0 bridgehead atoms. The van der Waals surface area contributed by atoms with Crippen molar-refractivity contribution in [3.8, 4) is 0 Å². The predicted molar refractivity (Wildman–Crippen MR) is 65.0 cm³/mol. The molecule has 2 heterocycles. The van der Waals surface area contributed by atoms with Crippen LogP contribution in [0.5, 0.6) is 0 Å². The van der Waals surface area contributed by atoms with Crippen LogP contribution < -0.4 is 5.32 Å². The molecule has 92 valence electrons. The van der Waals surface area contributed by atoms with Crippen molar-refractivity contribution in [3.05, 3.63) is 47.0 Å². The molecule has 0 radical (unpaired) electrons. The molecule has 6 nitrogen and oxygen atoms in total. The number of carboxylic acid groups (broad SMARTS) is 1. The molecule has 0 atom stereocenters. The van der Waals surface area contributed by atoms with E-state index in [1.54, 1.807) is 0 Å². The molecule has 0 aliphatic carbocycles. The third-order valence-electron chi connectivity index (χ3n) is 2.14. The number of nitrogens with zero attached hydrogens (tertiary/aromatic N) is 1. The molecule has 18 heavy (non-hydrogen) atoms. The molecule has 0 saturated heterocycles. The summed E-state index contributed by atoms with van der Waals surface area (Å²) < 4.78 is 0. The van der Waals surface area contributed by atoms with E-state index in [-0.39, 0.29) is 11.3 Å². The number of carbonyl (C=O) groups is 2. The molecule has 3 N–H and O–H groups in total. The van der Waals surface area contributed by atoms with Crippen molar-refractivity contribution in [2.24, 2.45) is 0 Å². The molecule has 0 aliphatic heterocycles. The lowest BCUT2D eigenvalue weighted by molar-refractivity contribution is 0.0696. The zero-order valence-electron chi connectivity index (χ0n) is 8.98. The van der Waals surface area contributed by atoms with Crippen LogP contribution >= 0.6 is 11.6 Å². The highest BCUT2D eigenvalue weighted by Gasteiger charge is 2.10.